The SMILES string of the molecule is O=C(c1ccc2nsnc2c1)N1CCC[C@H]1c1nc2ccccc2[nH]1. The molecule has 0 saturated carbocycles. The first kappa shape index (κ1) is 14.5. The smallest absolute Gasteiger partial charge is 0.254 e. The van der Waals surface area contributed by atoms with Gasteiger partial charge in [-0.05, 0) is 43.2 Å². The number of carbonyl (C=O) groups excluding carboxylic acids is 1. The zero-order valence-corrected chi connectivity index (χ0v) is 14.2. The molecule has 0 radical (unpaired) electrons. The molecule has 124 valence electrons. The van der Waals surface area contributed by atoms with E-state index >= 15 is 0 Å². The Bertz CT molecular complexity index is 1050. The second-order valence-corrected chi connectivity index (χ2v) is 6.79. The summed E-state index contributed by atoms with van der Waals surface area (Å²) in [6.45, 7) is 0.744. The lowest BCUT2D eigenvalue weighted by Gasteiger charge is -2.23. The maximum Gasteiger partial charge on any atom is 0.254 e. The number of amides is 1. The zero-order valence-electron chi connectivity index (χ0n) is 13.3. The summed E-state index contributed by atoms with van der Waals surface area (Å²) >= 11 is 1.17. The molecule has 6 nitrogen and oxygen atoms in total. The van der Waals surface area contributed by atoms with Crippen molar-refractivity contribution in [3.05, 3.63) is 53.9 Å². The standard InChI is InChI=1S/C18H15N5OS/c24-18(11-7-8-14-15(10-11)22-25-21-14)23-9-3-6-16(23)17-19-12-4-1-2-5-13(12)20-17/h1-2,4-5,7-8,10,16H,3,6,9H2,(H,19,20)/t16-/m0/s1. The minimum atomic E-state index is -0.0100. The number of aromatic amines is 1. The quantitative estimate of drug-likeness (QED) is 0.600. The maximum atomic E-state index is 13.1. The molecule has 0 unspecified atom stereocenters. The molecule has 0 bridgehead atoms. The van der Waals surface area contributed by atoms with E-state index in [-0.39, 0.29) is 11.9 Å². The zero-order chi connectivity index (χ0) is 16.8. The van der Waals surface area contributed by atoms with Crippen molar-refractivity contribution in [2.24, 2.45) is 0 Å². The lowest BCUT2D eigenvalue weighted by Crippen LogP contribution is -2.31. The van der Waals surface area contributed by atoms with Gasteiger partial charge in [-0.3, -0.25) is 4.79 Å². The fourth-order valence-corrected chi connectivity index (χ4v) is 4.02. The van der Waals surface area contributed by atoms with Crippen molar-refractivity contribution < 1.29 is 4.79 Å². The third-order valence-electron chi connectivity index (χ3n) is 4.74. The summed E-state index contributed by atoms with van der Waals surface area (Å²) in [7, 11) is 0. The predicted molar refractivity (Wildman–Crippen MR) is 96.5 cm³/mol. The van der Waals surface area contributed by atoms with E-state index in [0.29, 0.717) is 5.56 Å². The topological polar surface area (TPSA) is 74.8 Å². The van der Waals surface area contributed by atoms with Gasteiger partial charge in [0.25, 0.3) is 5.91 Å². The van der Waals surface area contributed by atoms with Crippen molar-refractivity contribution in [3.63, 3.8) is 0 Å². The Morgan fingerprint density at radius 3 is 2.92 bits per heavy atom. The number of likely N-dealkylation sites (tertiary alicyclic amines) is 1. The fourth-order valence-electron chi connectivity index (χ4n) is 3.51. The van der Waals surface area contributed by atoms with Gasteiger partial charge < -0.3 is 9.88 Å². The molecule has 0 spiro atoms. The summed E-state index contributed by atoms with van der Waals surface area (Å²) in [6, 6.07) is 13.5. The van der Waals surface area contributed by atoms with Gasteiger partial charge in [-0.25, -0.2) is 4.98 Å². The monoisotopic (exact) mass is 349 g/mol. The summed E-state index contributed by atoms with van der Waals surface area (Å²) in [5, 5.41) is 0. The average molecular weight is 349 g/mol. The van der Waals surface area contributed by atoms with Crippen LogP contribution in [0.3, 0.4) is 0 Å². The molecule has 1 atom stereocenters. The van der Waals surface area contributed by atoms with Crippen molar-refractivity contribution in [2.75, 3.05) is 6.54 Å². The number of carbonyl (C=O) groups is 1. The third kappa shape index (κ3) is 2.39. The summed E-state index contributed by atoms with van der Waals surface area (Å²) in [4.78, 5) is 23.0. The number of H-pyrrole nitrogens is 1. The van der Waals surface area contributed by atoms with Crippen molar-refractivity contribution in [1.82, 2.24) is 23.6 Å². The number of benzene rings is 2. The third-order valence-corrected chi connectivity index (χ3v) is 5.29. The van der Waals surface area contributed by atoms with Gasteiger partial charge in [-0.2, -0.15) is 8.75 Å². The lowest BCUT2D eigenvalue weighted by atomic mass is 10.1. The van der Waals surface area contributed by atoms with E-state index in [1.54, 1.807) is 0 Å². The van der Waals surface area contributed by atoms with E-state index in [1.807, 2.05) is 47.4 Å². The molecule has 1 fully saturated rings. The van der Waals surface area contributed by atoms with Crippen LogP contribution >= 0.6 is 11.7 Å². The first-order valence-corrected chi connectivity index (χ1v) is 9.00. The number of hydrogen-bond acceptors (Lipinski definition) is 5. The number of hydrogen-bond donors (Lipinski definition) is 1. The Morgan fingerprint density at radius 2 is 2.00 bits per heavy atom. The highest BCUT2D eigenvalue weighted by molar-refractivity contribution is 7.00. The summed E-state index contributed by atoms with van der Waals surface area (Å²) in [6.07, 6.45) is 1.90. The van der Waals surface area contributed by atoms with E-state index in [2.05, 4.69) is 13.7 Å². The summed E-state index contributed by atoms with van der Waals surface area (Å²) in [5.41, 5.74) is 4.20. The van der Waals surface area contributed by atoms with Gasteiger partial charge in [-0.1, -0.05) is 12.1 Å². The number of rotatable bonds is 2. The van der Waals surface area contributed by atoms with Crippen LogP contribution in [-0.2, 0) is 0 Å². The summed E-state index contributed by atoms with van der Waals surface area (Å²) in [5.74, 6) is 0.890. The normalized spacial score (nSPS) is 17.6. The van der Waals surface area contributed by atoms with Crippen LogP contribution in [0.4, 0.5) is 0 Å². The Kier molecular flexibility index (Phi) is 3.27. The molecule has 1 saturated heterocycles. The van der Waals surface area contributed by atoms with Crippen LogP contribution in [0.2, 0.25) is 0 Å². The Balaban J connectivity index is 1.50. The van der Waals surface area contributed by atoms with E-state index in [4.69, 9.17) is 4.98 Å². The molecule has 4 aromatic rings. The lowest BCUT2D eigenvalue weighted by molar-refractivity contribution is 0.0730. The van der Waals surface area contributed by atoms with Crippen LogP contribution < -0.4 is 0 Å². The molecule has 1 aliphatic rings. The van der Waals surface area contributed by atoms with Gasteiger partial charge in [0, 0.05) is 12.1 Å². The van der Waals surface area contributed by atoms with Gasteiger partial charge in [0.05, 0.1) is 28.8 Å². The highest BCUT2D eigenvalue weighted by atomic mass is 32.1. The average Bonchev–Trinajstić information content (AvgIpc) is 3.37. The van der Waals surface area contributed by atoms with Crippen LogP contribution in [0.15, 0.2) is 42.5 Å². The number of aromatic nitrogens is 4. The van der Waals surface area contributed by atoms with E-state index in [0.717, 1.165) is 47.3 Å². The summed E-state index contributed by atoms with van der Waals surface area (Å²) < 4.78 is 8.43. The minimum absolute atomic E-state index is 0.0100. The molecule has 0 aliphatic carbocycles. The van der Waals surface area contributed by atoms with Gasteiger partial charge in [0.1, 0.15) is 16.9 Å². The van der Waals surface area contributed by atoms with Crippen molar-refractivity contribution in [1.29, 1.82) is 0 Å². The molecule has 1 N–H and O–H groups in total. The van der Waals surface area contributed by atoms with Crippen molar-refractivity contribution in [2.45, 2.75) is 18.9 Å². The molecule has 1 aliphatic heterocycles. The van der Waals surface area contributed by atoms with Crippen LogP contribution in [0.25, 0.3) is 22.1 Å². The molecule has 1 amide bonds. The van der Waals surface area contributed by atoms with Gasteiger partial charge >= 0.3 is 0 Å². The molecule has 7 heteroatoms. The molecule has 2 aromatic carbocycles. The van der Waals surface area contributed by atoms with Gasteiger partial charge in [-0.15, -0.1) is 0 Å². The van der Waals surface area contributed by atoms with Gasteiger partial charge in [0.2, 0.25) is 0 Å². The molecular formula is C18H15N5OS. The second-order valence-electron chi connectivity index (χ2n) is 6.26. The number of fused-ring (bicyclic) bond motifs is 2. The van der Waals surface area contributed by atoms with Crippen molar-refractivity contribution >= 4 is 39.7 Å². The highest BCUT2D eigenvalue weighted by Crippen LogP contribution is 2.33. The predicted octanol–water partition coefficient (Wildman–Crippen LogP) is 3.54. The van der Waals surface area contributed by atoms with Crippen LogP contribution in [0, 0.1) is 0 Å². The molecule has 3 heterocycles. The highest BCUT2D eigenvalue weighted by Gasteiger charge is 2.32. The minimum Gasteiger partial charge on any atom is -0.340 e. The van der Waals surface area contributed by atoms with Gasteiger partial charge in [0.15, 0.2) is 0 Å². The fraction of sp³-hybridized carbons (Fsp3) is 0.222. The van der Waals surface area contributed by atoms with Crippen LogP contribution in [0.5, 0.6) is 0 Å². The van der Waals surface area contributed by atoms with Crippen LogP contribution in [-0.4, -0.2) is 36.1 Å². The maximum absolute atomic E-state index is 13.1. The molecular weight excluding hydrogens is 334 g/mol. The Labute approximate surface area is 147 Å². The number of imidazole rings is 1. The number of nitrogens with one attached hydrogen (secondary N) is 1. The van der Waals surface area contributed by atoms with E-state index < -0.39 is 0 Å². The van der Waals surface area contributed by atoms with E-state index in [1.165, 1.54) is 11.7 Å². The first-order chi connectivity index (χ1) is 12.3. The molecule has 25 heavy (non-hydrogen) atoms. The van der Waals surface area contributed by atoms with Crippen molar-refractivity contribution in [3.8, 4) is 0 Å². The molecule has 2 aromatic heterocycles. The van der Waals surface area contributed by atoms with Crippen LogP contribution in [0.1, 0.15) is 35.1 Å². The number of para-hydroxylation sites is 2. The number of nitrogens with zero attached hydrogens (tertiary/aromatic N) is 4. The largest absolute Gasteiger partial charge is 0.340 e. The Morgan fingerprint density at radius 1 is 1.12 bits per heavy atom. The second kappa shape index (κ2) is 5.63. The molecule has 5 rings (SSSR count). The first-order valence-electron chi connectivity index (χ1n) is 8.27. The Hall–Kier alpha value is -2.80. The van der Waals surface area contributed by atoms with E-state index in [9.17, 15) is 4.79 Å².